The molecule has 0 saturated heterocycles. The number of carbonyl (C=O) groups is 1. The monoisotopic (exact) mass is 358 g/mol. The van der Waals surface area contributed by atoms with Crippen LogP contribution in [0.2, 0.25) is 5.02 Å². The lowest BCUT2D eigenvalue weighted by Crippen LogP contribution is -2.08. The first kappa shape index (κ1) is 18.1. The average Bonchev–Trinajstić information content (AvgIpc) is 2.52. The van der Waals surface area contributed by atoms with E-state index in [0.29, 0.717) is 17.5 Å². The van der Waals surface area contributed by atoms with Gasteiger partial charge in [-0.3, -0.25) is 0 Å². The van der Waals surface area contributed by atoms with Crippen LogP contribution < -0.4 is 4.74 Å². The molecule has 0 aliphatic heterocycles. The summed E-state index contributed by atoms with van der Waals surface area (Å²) in [5.41, 5.74) is 0.584. The Hall–Kier alpha value is -2.21. The summed E-state index contributed by atoms with van der Waals surface area (Å²) >= 11 is 5.84. The third-order valence-electron chi connectivity index (χ3n) is 3.50. The Kier molecular flexibility index (Phi) is 5.39. The Morgan fingerprint density at radius 3 is 2.50 bits per heavy atom. The van der Waals surface area contributed by atoms with Gasteiger partial charge in [-0.25, -0.2) is 4.79 Å². The van der Waals surface area contributed by atoms with E-state index >= 15 is 0 Å². The summed E-state index contributed by atoms with van der Waals surface area (Å²) in [6.07, 6.45) is -3.99. The van der Waals surface area contributed by atoms with Crippen molar-refractivity contribution >= 4 is 17.6 Å². The molecule has 0 amide bonds. The van der Waals surface area contributed by atoms with Gasteiger partial charge in [-0.1, -0.05) is 30.7 Å². The molecule has 0 bridgehead atoms. The lowest BCUT2D eigenvalue weighted by atomic mass is 9.99. The SMILES string of the molecule is CCc1c(COc2ccc(C(F)(F)F)cc2Cl)cccc1C(=O)O. The van der Waals surface area contributed by atoms with Crippen molar-refractivity contribution in [2.75, 3.05) is 0 Å². The van der Waals surface area contributed by atoms with Gasteiger partial charge in [0.05, 0.1) is 16.1 Å². The number of ether oxygens (including phenoxy) is 1. The van der Waals surface area contributed by atoms with Crippen LogP contribution in [-0.4, -0.2) is 11.1 Å². The maximum Gasteiger partial charge on any atom is 0.416 e. The van der Waals surface area contributed by atoms with Gasteiger partial charge >= 0.3 is 12.1 Å². The van der Waals surface area contributed by atoms with Crippen LogP contribution in [0.1, 0.15) is 34.0 Å². The Labute approximate surface area is 141 Å². The summed E-state index contributed by atoms with van der Waals surface area (Å²) in [6.45, 7) is 1.83. The highest BCUT2D eigenvalue weighted by atomic mass is 35.5. The van der Waals surface area contributed by atoms with E-state index in [9.17, 15) is 23.1 Å². The minimum absolute atomic E-state index is 0.00930. The van der Waals surface area contributed by atoms with Crippen molar-refractivity contribution in [1.82, 2.24) is 0 Å². The normalized spacial score (nSPS) is 11.4. The van der Waals surface area contributed by atoms with Crippen LogP contribution in [0.5, 0.6) is 5.75 Å². The van der Waals surface area contributed by atoms with E-state index in [1.54, 1.807) is 12.1 Å². The van der Waals surface area contributed by atoms with Crippen LogP contribution >= 0.6 is 11.6 Å². The maximum atomic E-state index is 12.6. The Balaban J connectivity index is 2.23. The third kappa shape index (κ3) is 4.00. The van der Waals surface area contributed by atoms with E-state index in [-0.39, 0.29) is 22.9 Å². The summed E-state index contributed by atoms with van der Waals surface area (Å²) in [5, 5.41) is 9.03. The molecule has 0 atom stereocenters. The molecule has 2 aromatic rings. The highest BCUT2D eigenvalue weighted by Crippen LogP contribution is 2.35. The zero-order chi connectivity index (χ0) is 17.9. The van der Waals surface area contributed by atoms with Gasteiger partial charge in [-0.15, -0.1) is 0 Å². The fraction of sp³-hybridized carbons (Fsp3) is 0.235. The van der Waals surface area contributed by atoms with E-state index in [2.05, 4.69) is 0 Å². The number of benzene rings is 2. The highest BCUT2D eigenvalue weighted by molar-refractivity contribution is 6.32. The zero-order valence-electron chi connectivity index (χ0n) is 12.7. The van der Waals surface area contributed by atoms with Crippen LogP contribution in [0, 0.1) is 0 Å². The smallest absolute Gasteiger partial charge is 0.416 e. The van der Waals surface area contributed by atoms with Crippen LogP contribution in [0.3, 0.4) is 0 Å². The number of carboxylic acid groups (broad SMARTS) is 1. The molecule has 128 valence electrons. The Bertz CT molecular complexity index is 757. The molecule has 2 rings (SSSR count). The topological polar surface area (TPSA) is 46.5 Å². The maximum absolute atomic E-state index is 12.6. The molecule has 0 heterocycles. The van der Waals surface area contributed by atoms with E-state index in [1.165, 1.54) is 6.07 Å². The molecular formula is C17H14ClF3O3. The predicted octanol–water partition coefficient (Wildman–Crippen LogP) is 5.20. The van der Waals surface area contributed by atoms with Crippen molar-refractivity contribution in [2.45, 2.75) is 26.1 Å². The molecule has 0 radical (unpaired) electrons. The number of rotatable bonds is 5. The lowest BCUT2D eigenvalue weighted by Gasteiger charge is -2.14. The number of halogens is 4. The van der Waals surface area contributed by atoms with Gasteiger partial charge in [0.25, 0.3) is 0 Å². The fourth-order valence-electron chi connectivity index (χ4n) is 2.34. The van der Waals surface area contributed by atoms with Crippen molar-refractivity contribution in [1.29, 1.82) is 0 Å². The standard InChI is InChI=1S/C17H14ClF3O3/c1-2-12-10(4-3-5-13(12)16(22)23)9-24-15-7-6-11(8-14(15)18)17(19,20)21/h3-8H,2,9H2,1H3,(H,22,23). The van der Waals surface area contributed by atoms with E-state index in [4.69, 9.17) is 16.3 Å². The molecule has 0 saturated carbocycles. The first-order valence-corrected chi connectivity index (χ1v) is 7.45. The van der Waals surface area contributed by atoms with Crippen molar-refractivity contribution in [3.8, 4) is 5.75 Å². The molecule has 3 nitrogen and oxygen atoms in total. The second-order valence-corrected chi connectivity index (χ2v) is 5.44. The number of hydrogen-bond donors (Lipinski definition) is 1. The molecule has 0 aliphatic rings. The van der Waals surface area contributed by atoms with Gasteiger partial charge in [0, 0.05) is 0 Å². The Morgan fingerprint density at radius 2 is 1.96 bits per heavy atom. The minimum Gasteiger partial charge on any atom is -0.487 e. The molecule has 24 heavy (non-hydrogen) atoms. The fourth-order valence-corrected chi connectivity index (χ4v) is 2.57. The predicted molar refractivity (Wildman–Crippen MR) is 83.6 cm³/mol. The summed E-state index contributed by atoms with van der Waals surface area (Å²) in [5.74, 6) is -0.936. The third-order valence-corrected chi connectivity index (χ3v) is 3.79. The number of alkyl halides is 3. The van der Waals surface area contributed by atoms with Crippen LogP contribution in [0.15, 0.2) is 36.4 Å². The van der Waals surface area contributed by atoms with Crippen molar-refractivity contribution in [3.63, 3.8) is 0 Å². The van der Waals surface area contributed by atoms with Gasteiger partial charge in [0.1, 0.15) is 12.4 Å². The molecule has 0 aliphatic carbocycles. The number of carboxylic acids is 1. The van der Waals surface area contributed by atoms with Gasteiger partial charge in [0.15, 0.2) is 0 Å². The molecule has 7 heteroatoms. The van der Waals surface area contributed by atoms with E-state index < -0.39 is 17.7 Å². The molecule has 0 fully saturated rings. The molecule has 0 spiro atoms. The molecule has 1 N–H and O–H groups in total. The quantitative estimate of drug-likeness (QED) is 0.799. The van der Waals surface area contributed by atoms with Crippen LogP contribution in [0.4, 0.5) is 13.2 Å². The van der Waals surface area contributed by atoms with Gasteiger partial charge in [-0.2, -0.15) is 13.2 Å². The molecule has 0 unspecified atom stereocenters. The minimum atomic E-state index is -4.48. The summed E-state index contributed by atoms with van der Waals surface area (Å²) in [6, 6.07) is 7.63. The summed E-state index contributed by atoms with van der Waals surface area (Å²) < 4.78 is 43.3. The van der Waals surface area contributed by atoms with Gasteiger partial charge in [0.2, 0.25) is 0 Å². The molecular weight excluding hydrogens is 345 g/mol. The van der Waals surface area contributed by atoms with Crippen molar-refractivity contribution < 1.29 is 27.8 Å². The molecule has 2 aromatic carbocycles. The van der Waals surface area contributed by atoms with Crippen molar-refractivity contribution in [3.05, 3.63) is 63.7 Å². The zero-order valence-corrected chi connectivity index (χ0v) is 13.4. The first-order valence-electron chi connectivity index (χ1n) is 7.07. The number of aromatic carboxylic acids is 1. The second kappa shape index (κ2) is 7.13. The van der Waals surface area contributed by atoms with Crippen LogP contribution in [0.25, 0.3) is 0 Å². The summed E-state index contributed by atoms with van der Waals surface area (Å²) in [7, 11) is 0. The molecule has 0 aromatic heterocycles. The lowest BCUT2D eigenvalue weighted by molar-refractivity contribution is -0.137. The number of hydrogen-bond acceptors (Lipinski definition) is 2. The average molecular weight is 359 g/mol. The summed E-state index contributed by atoms with van der Waals surface area (Å²) in [4.78, 5) is 11.2. The first-order chi connectivity index (χ1) is 11.2. The second-order valence-electron chi connectivity index (χ2n) is 5.03. The van der Waals surface area contributed by atoms with E-state index in [0.717, 1.165) is 18.2 Å². The largest absolute Gasteiger partial charge is 0.487 e. The highest BCUT2D eigenvalue weighted by Gasteiger charge is 2.31. The van der Waals surface area contributed by atoms with Crippen molar-refractivity contribution in [2.24, 2.45) is 0 Å². The van der Waals surface area contributed by atoms with Crippen LogP contribution in [-0.2, 0) is 19.2 Å². The Morgan fingerprint density at radius 1 is 1.25 bits per heavy atom. The van der Waals surface area contributed by atoms with Gasteiger partial charge < -0.3 is 9.84 Å². The van der Waals surface area contributed by atoms with Gasteiger partial charge in [-0.05, 0) is 41.8 Å². The van der Waals surface area contributed by atoms with E-state index in [1.807, 2.05) is 6.92 Å².